The summed E-state index contributed by atoms with van der Waals surface area (Å²) in [5.74, 6) is -0.390. The van der Waals surface area contributed by atoms with E-state index in [9.17, 15) is 9.59 Å². The minimum Gasteiger partial charge on any atom is -0.326 e. The second kappa shape index (κ2) is 8.17. The molecule has 0 bridgehead atoms. The molecule has 2 aromatic heterocycles. The lowest BCUT2D eigenvalue weighted by Crippen LogP contribution is -2.07. The van der Waals surface area contributed by atoms with Crippen LogP contribution in [0.4, 0.5) is 10.8 Å². The van der Waals surface area contributed by atoms with Crippen molar-refractivity contribution in [3.8, 4) is 11.4 Å². The monoisotopic (exact) mass is 364 g/mol. The quantitative estimate of drug-likeness (QED) is 0.674. The zero-order chi connectivity index (χ0) is 18.4. The van der Waals surface area contributed by atoms with E-state index in [1.165, 1.54) is 24.3 Å². The molecule has 2 amide bonds. The Morgan fingerprint density at radius 1 is 1.04 bits per heavy atom. The van der Waals surface area contributed by atoms with Crippen molar-refractivity contribution in [3.05, 3.63) is 65.7 Å². The molecule has 0 aliphatic carbocycles. The Kier molecular flexibility index (Phi) is 5.50. The highest BCUT2D eigenvalue weighted by atomic mass is 32.1. The highest BCUT2D eigenvalue weighted by Gasteiger charge is 2.06. The first-order valence-electron chi connectivity index (χ1n) is 7.84. The first-order chi connectivity index (χ1) is 12.6. The third-order valence-electron chi connectivity index (χ3n) is 3.32. The molecular formula is C19H16N4O2S. The summed E-state index contributed by atoms with van der Waals surface area (Å²) >= 11 is 1.34. The van der Waals surface area contributed by atoms with E-state index in [1.54, 1.807) is 24.4 Å². The van der Waals surface area contributed by atoms with Gasteiger partial charge in [0.25, 0.3) is 0 Å². The first kappa shape index (κ1) is 17.5. The van der Waals surface area contributed by atoms with Crippen molar-refractivity contribution < 1.29 is 9.59 Å². The molecule has 130 valence electrons. The van der Waals surface area contributed by atoms with E-state index < -0.39 is 0 Å². The molecule has 0 unspecified atom stereocenters. The normalized spacial score (nSPS) is 10.7. The number of nitrogens with one attached hydrogen (secondary N) is 2. The molecule has 0 fully saturated rings. The maximum atomic E-state index is 12.0. The largest absolute Gasteiger partial charge is 0.326 e. The number of aromatic nitrogens is 2. The smallest absolute Gasteiger partial charge is 0.250 e. The number of hydrogen-bond acceptors (Lipinski definition) is 5. The number of nitrogens with zero attached hydrogens (tertiary/aromatic N) is 2. The molecule has 3 rings (SSSR count). The molecule has 0 aliphatic rings. The van der Waals surface area contributed by atoms with E-state index in [2.05, 4.69) is 20.6 Å². The summed E-state index contributed by atoms with van der Waals surface area (Å²) in [4.78, 5) is 31.6. The van der Waals surface area contributed by atoms with Gasteiger partial charge < -0.3 is 5.32 Å². The number of pyridine rings is 1. The van der Waals surface area contributed by atoms with Gasteiger partial charge in [-0.2, -0.15) is 0 Å². The molecule has 7 heteroatoms. The van der Waals surface area contributed by atoms with Crippen LogP contribution >= 0.6 is 11.3 Å². The summed E-state index contributed by atoms with van der Waals surface area (Å²) in [5.41, 5.74) is 3.05. The highest BCUT2D eigenvalue weighted by molar-refractivity contribution is 7.14. The Morgan fingerprint density at radius 3 is 2.54 bits per heavy atom. The third-order valence-corrected chi connectivity index (χ3v) is 4.08. The number of anilines is 2. The van der Waals surface area contributed by atoms with E-state index in [0.29, 0.717) is 10.8 Å². The average molecular weight is 364 g/mol. The van der Waals surface area contributed by atoms with Crippen molar-refractivity contribution in [2.45, 2.75) is 6.92 Å². The SMILES string of the molecule is CC(=O)Nc1ccc(/C=C/C(=O)Nc2nc(-c3ccccn3)cs2)cc1. The van der Waals surface area contributed by atoms with Crippen LogP contribution in [0.2, 0.25) is 0 Å². The van der Waals surface area contributed by atoms with Crippen LogP contribution in [0.5, 0.6) is 0 Å². The number of carbonyl (C=O) groups is 2. The zero-order valence-electron chi connectivity index (χ0n) is 14.0. The Morgan fingerprint density at radius 2 is 1.85 bits per heavy atom. The van der Waals surface area contributed by atoms with Crippen molar-refractivity contribution >= 4 is 40.0 Å². The molecular weight excluding hydrogens is 348 g/mol. The van der Waals surface area contributed by atoms with Crippen molar-refractivity contribution in [2.75, 3.05) is 10.6 Å². The number of amides is 2. The van der Waals surface area contributed by atoms with E-state index in [1.807, 2.05) is 35.7 Å². The van der Waals surface area contributed by atoms with Gasteiger partial charge in [-0.1, -0.05) is 18.2 Å². The van der Waals surface area contributed by atoms with Crippen molar-refractivity contribution in [2.24, 2.45) is 0 Å². The molecule has 2 heterocycles. The summed E-state index contributed by atoms with van der Waals surface area (Å²) in [6, 6.07) is 12.8. The average Bonchev–Trinajstić information content (AvgIpc) is 3.10. The second-order valence-corrected chi connectivity index (χ2v) is 6.24. The molecule has 26 heavy (non-hydrogen) atoms. The first-order valence-corrected chi connectivity index (χ1v) is 8.72. The van der Waals surface area contributed by atoms with Gasteiger partial charge in [0.15, 0.2) is 5.13 Å². The molecule has 3 aromatic rings. The fourth-order valence-electron chi connectivity index (χ4n) is 2.16. The van der Waals surface area contributed by atoms with Gasteiger partial charge in [-0.3, -0.25) is 19.9 Å². The van der Waals surface area contributed by atoms with Gasteiger partial charge in [0.2, 0.25) is 11.8 Å². The van der Waals surface area contributed by atoms with Crippen molar-refractivity contribution in [3.63, 3.8) is 0 Å². The Hall–Kier alpha value is -3.32. The number of thiazole rings is 1. The second-order valence-electron chi connectivity index (χ2n) is 5.38. The van der Waals surface area contributed by atoms with Gasteiger partial charge in [-0.15, -0.1) is 11.3 Å². The maximum absolute atomic E-state index is 12.0. The van der Waals surface area contributed by atoms with E-state index in [-0.39, 0.29) is 11.8 Å². The molecule has 0 aliphatic heterocycles. The van der Waals surface area contributed by atoms with Gasteiger partial charge in [-0.25, -0.2) is 4.98 Å². The lowest BCUT2D eigenvalue weighted by molar-refractivity contribution is -0.114. The van der Waals surface area contributed by atoms with Crippen LogP contribution in [-0.4, -0.2) is 21.8 Å². The molecule has 0 atom stereocenters. The van der Waals surface area contributed by atoms with E-state index in [0.717, 1.165) is 17.0 Å². The minimum absolute atomic E-state index is 0.124. The number of carbonyl (C=O) groups excluding carboxylic acids is 2. The van der Waals surface area contributed by atoms with Gasteiger partial charge in [0.1, 0.15) is 5.69 Å². The molecule has 0 radical (unpaired) electrons. The summed E-state index contributed by atoms with van der Waals surface area (Å²) in [6.45, 7) is 1.45. The molecule has 0 saturated heterocycles. The van der Waals surface area contributed by atoms with Crippen LogP contribution in [0.25, 0.3) is 17.5 Å². The zero-order valence-corrected chi connectivity index (χ0v) is 14.8. The maximum Gasteiger partial charge on any atom is 0.250 e. The summed E-state index contributed by atoms with van der Waals surface area (Å²) in [7, 11) is 0. The lowest BCUT2D eigenvalue weighted by atomic mass is 10.2. The molecule has 0 spiro atoms. The molecule has 2 N–H and O–H groups in total. The van der Waals surface area contributed by atoms with Crippen LogP contribution in [0.1, 0.15) is 12.5 Å². The molecule has 1 aromatic carbocycles. The van der Waals surface area contributed by atoms with Crippen LogP contribution in [0.15, 0.2) is 60.1 Å². The van der Waals surface area contributed by atoms with Crippen molar-refractivity contribution in [1.29, 1.82) is 0 Å². The van der Waals surface area contributed by atoms with Crippen LogP contribution < -0.4 is 10.6 Å². The predicted octanol–water partition coefficient (Wildman–Crippen LogP) is 3.82. The van der Waals surface area contributed by atoms with Crippen LogP contribution in [-0.2, 0) is 9.59 Å². The minimum atomic E-state index is -0.266. The summed E-state index contributed by atoms with van der Waals surface area (Å²) in [5, 5.41) is 7.79. The standard InChI is InChI=1S/C19H16N4O2S/c1-13(24)21-15-8-5-14(6-9-15)7-10-18(25)23-19-22-17(12-26-19)16-4-2-3-11-20-16/h2-12H,1H3,(H,21,24)(H,22,23,25)/b10-7+. The fourth-order valence-corrected chi connectivity index (χ4v) is 2.87. The van der Waals surface area contributed by atoms with Crippen LogP contribution in [0, 0.1) is 0 Å². The Bertz CT molecular complexity index is 934. The Labute approximate surface area is 154 Å². The fraction of sp³-hybridized carbons (Fsp3) is 0.0526. The summed E-state index contributed by atoms with van der Waals surface area (Å²) in [6.07, 6.45) is 4.84. The molecule has 0 saturated carbocycles. The Balaban J connectivity index is 1.59. The lowest BCUT2D eigenvalue weighted by Gasteiger charge is -2.01. The number of hydrogen-bond donors (Lipinski definition) is 2. The predicted molar refractivity (Wildman–Crippen MR) is 104 cm³/mol. The topological polar surface area (TPSA) is 84.0 Å². The summed E-state index contributed by atoms with van der Waals surface area (Å²) < 4.78 is 0. The van der Waals surface area contributed by atoms with E-state index >= 15 is 0 Å². The highest BCUT2D eigenvalue weighted by Crippen LogP contribution is 2.23. The van der Waals surface area contributed by atoms with Gasteiger partial charge >= 0.3 is 0 Å². The third kappa shape index (κ3) is 4.84. The van der Waals surface area contributed by atoms with Gasteiger partial charge in [0, 0.05) is 30.3 Å². The molecule has 6 nitrogen and oxygen atoms in total. The number of rotatable bonds is 5. The number of benzene rings is 1. The van der Waals surface area contributed by atoms with Crippen LogP contribution in [0.3, 0.4) is 0 Å². The van der Waals surface area contributed by atoms with E-state index in [4.69, 9.17) is 0 Å². The van der Waals surface area contributed by atoms with Crippen molar-refractivity contribution in [1.82, 2.24) is 9.97 Å². The van der Waals surface area contributed by atoms with Gasteiger partial charge in [0.05, 0.1) is 5.69 Å². The van der Waals surface area contributed by atoms with Gasteiger partial charge in [-0.05, 0) is 35.9 Å².